The predicted molar refractivity (Wildman–Crippen MR) is 59.4 cm³/mol. The molecule has 6 heteroatoms. The van der Waals surface area contributed by atoms with Crippen molar-refractivity contribution in [2.24, 2.45) is 5.73 Å². The van der Waals surface area contributed by atoms with Crippen molar-refractivity contribution in [1.82, 2.24) is 5.32 Å². The lowest BCUT2D eigenvalue weighted by molar-refractivity contribution is -0.138. The Kier molecular flexibility index (Phi) is 6.58. The zero-order chi connectivity index (χ0) is 11.8. The van der Waals surface area contributed by atoms with Crippen molar-refractivity contribution in [3.63, 3.8) is 0 Å². The molecule has 0 aromatic rings. The molecule has 0 bridgehead atoms. The fraction of sp³-hybridized carbons (Fsp3) is 0.556. The van der Waals surface area contributed by atoms with Gasteiger partial charge in [0.2, 0.25) is 5.91 Å². The van der Waals surface area contributed by atoms with Crippen molar-refractivity contribution in [2.45, 2.75) is 18.2 Å². The van der Waals surface area contributed by atoms with Crippen LogP contribution in [0.1, 0.15) is 6.92 Å². The fourth-order valence-electron chi connectivity index (χ4n) is 0.677. The predicted octanol–water partition coefficient (Wildman–Crippen LogP) is -0.731. The summed E-state index contributed by atoms with van der Waals surface area (Å²) in [5.74, 6) is 1.19. The lowest BCUT2D eigenvalue weighted by atomic mass is 10.4. The van der Waals surface area contributed by atoms with E-state index < -0.39 is 12.0 Å². The molecule has 2 unspecified atom stereocenters. The first-order valence-electron chi connectivity index (χ1n) is 4.30. The van der Waals surface area contributed by atoms with Gasteiger partial charge in [-0.15, -0.1) is 18.2 Å². The molecule has 2 atom stereocenters. The molecule has 15 heavy (non-hydrogen) atoms. The van der Waals surface area contributed by atoms with Crippen molar-refractivity contribution in [3.05, 3.63) is 0 Å². The van der Waals surface area contributed by atoms with E-state index in [-0.39, 0.29) is 23.5 Å². The van der Waals surface area contributed by atoms with Gasteiger partial charge in [-0.2, -0.15) is 0 Å². The van der Waals surface area contributed by atoms with E-state index in [1.807, 2.05) is 0 Å². The largest absolute Gasteiger partial charge is 0.480 e. The Bertz CT molecular complexity index is 275. The first-order chi connectivity index (χ1) is 6.99. The number of aliphatic carboxylic acids is 1. The van der Waals surface area contributed by atoms with Gasteiger partial charge in [-0.1, -0.05) is 5.92 Å². The van der Waals surface area contributed by atoms with Gasteiger partial charge in [0.05, 0.1) is 11.8 Å². The van der Waals surface area contributed by atoms with E-state index in [4.69, 9.17) is 17.3 Å². The highest BCUT2D eigenvalue weighted by atomic mass is 32.2. The van der Waals surface area contributed by atoms with Crippen LogP contribution in [0.5, 0.6) is 0 Å². The van der Waals surface area contributed by atoms with Gasteiger partial charge in [0, 0.05) is 5.75 Å². The van der Waals surface area contributed by atoms with Crippen LogP contribution in [0.25, 0.3) is 0 Å². The Hall–Kier alpha value is -1.19. The van der Waals surface area contributed by atoms with Gasteiger partial charge >= 0.3 is 5.97 Å². The average molecular weight is 230 g/mol. The van der Waals surface area contributed by atoms with Gasteiger partial charge in [0.1, 0.15) is 6.04 Å². The lowest BCUT2D eigenvalue weighted by Crippen LogP contribution is -2.36. The molecule has 0 saturated carbocycles. The molecule has 0 heterocycles. The molecule has 5 nitrogen and oxygen atoms in total. The number of carbonyl (C=O) groups is 2. The van der Waals surface area contributed by atoms with E-state index in [0.717, 1.165) is 0 Å². The first-order valence-corrected chi connectivity index (χ1v) is 5.35. The lowest BCUT2D eigenvalue weighted by Gasteiger charge is -2.12. The van der Waals surface area contributed by atoms with Gasteiger partial charge in [-0.25, -0.2) is 0 Å². The highest BCUT2D eigenvalue weighted by Crippen LogP contribution is 2.11. The van der Waals surface area contributed by atoms with Crippen molar-refractivity contribution in [2.75, 3.05) is 12.3 Å². The zero-order valence-corrected chi connectivity index (χ0v) is 9.21. The number of carboxylic acids is 1. The van der Waals surface area contributed by atoms with E-state index in [1.54, 1.807) is 6.92 Å². The second-order valence-corrected chi connectivity index (χ2v) is 4.22. The number of amides is 1. The highest BCUT2D eigenvalue weighted by molar-refractivity contribution is 8.00. The van der Waals surface area contributed by atoms with Crippen molar-refractivity contribution >= 4 is 23.6 Å². The molecular formula is C9H14N2O3S. The van der Waals surface area contributed by atoms with Crippen LogP contribution in [0.15, 0.2) is 0 Å². The Labute approximate surface area is 92.8 Å². The summed E-state index contributed by atoms with van der Waals surface area (Å²) < 4.78 is 0. The number of carbonyl (C=O) groups excluding carboxylic acids is 1. The van der Waals surface area contributed by atoms with E-state index >= 15 is 0 Å². The molecule has 4 N–H and O–H groups in total. The van der Waals surface area contributed by atoms with Crippen LogP contribution in [-0.4, -0.2) is 40.6 Å². The standard InChI is InChI=1S/C9H14N2O3S/c1-3-4-11-8(12)6(2)15-5-7(10)9(13)14/h1,6-7H,4-5,10H2,2H3,(H,11,12)(H,13,14). The van der Waals surface area contributed by atoms with Crippen LogP contribution in [0, 0.1) is 12.3 Å². The number of nitrogens with one attached hydrogen (secondary N) is 1. The molecule has 0 fully saturated rings. The molecule has 0 rings (SSSR count). The van der Waals surface area contributed by atoms with E-state index in [0.29, 0.717) is 0 Å². The maximum absolute atomic E-state index is 11.3. The van der Waals surface area contributed by atoms with E-state index in [2.05, 4.69) is 11.2 Å². The van der Waals surface area contributed by atoms with Gasteiger partial charge in [0.25, 0.3) is 0 Å². The molecule has 0 aliphatic heterocycles. The first kappa shape index (κ1) is 13.8. The maximum atomic E-state index is 11.3. The Morgan fingerprint density at radius 3 is 2.73 bits per heavy atom. The zero-order valence-electron chi connectivity index (χ0n) is 8.40. The quantitative estimate of drug-likeness (QED) is 0.523. The molecular weight excluding hydrogens is 216 g/mol. The van der Waals surface area contributed by atoms with Gasteiger partial charge in [-0.3, -0.25) is 9.59 Å². The molecule has 84 valence electrons. The molecule has 0 saturated heterocycles. The Morgan fingerprint density at radius 1 is 1.67 bits per heavy atom. The van der Waals surface area contributed by atoms with Gasteiger partial charge in [-0.05, 0) is 6.92 Å². The minimum atomic E-state index is -1.07. The molecule has 1 amide bonds. The molecule has 0 aromatic carbocycles. The van der Waals surface area contributed by atoms with Crippen molar-refractivity contribution in [3.8, 4) is 12.3 Å². The van der Waals surface area contributed by atoms with Crippen molar-refractivity contribution < 1.29 is 14.7 Å². The minimum Gasteiger partial charge on any atom is -0.480 e. The normalized spacial score (nSPS) is 13.7. The fourth-order valence-corrected chi connectivity index (χ4v) is 1.55. The number of terminal acetylenes is 1. The van der Waals surface area contributed by atoms with Crippen LogP contribution >= 0.6 is 11.8 Å². The number of hydrogen-bond donors (Lipinski definition) is 3. The number of carboxylic acid groups (broad SMARTS) is 1. The van der Waals surface area contributed by atoms with Crippen LogP contribution < -0.4 is 11.1 Å². The maximum Gasteiger partial charge on any atom is 0.321 e. The average Bonchev–Trinajstić information content (AvgIpc) is 2.21. The minimum absolute atomic E-state index is 0.175. The summed E-state index contributed by atoms with van der Waals surface area (Å²) in [4.78, 5) is 21.7. The van der Waals surface area contributed by atoms with Crippen molar-refractivity contribution in [1.29, 1.82) is 0 Å². The highest BCUT2D eigenvalue weighted by Gasteiger charge is 2.17. The number of nitrogens with two attached hydrogens (primary N) is 1. The summed E-state index contributed by atoms with van der Waals surface area (Å²) in [5.41, 5.74) is 5.28. The third-order valence-corrected chi connectivity index (χ3v) is 2.84. The summed E-state index contributed by atoms with van der Waals surface area (Å²) in [5, 5.41) is 10.7. The van der Waals surface area contributed by atoms with Crippen LogP contribution in [-0.2, 0) is 9.59 Å². The molecule has 0 aliphatic carbocycles. The van der Waals surface area contributed by atoms with E-state index in [9.17, 15) is 9.59 Å². The summed E-state index contributed by atoms with van der Waals surface area (Å²) in [6.45, 7) is 1.85. The molecule has 0 aromatic heterocycles. The summed E-state index contributed by atoms with van der Waals surface area (Å²) >= 11 is 1.18. The second-order valence-electron chi connectivity index (χ2n) is 2.84. The summed E-state index contributed by atoms with van der Waals surface area (Å²) in [6, 6.07) is -0.946. The van der Waals surface area contributed by atoms with Crippen LogP contribution in [0.4, 0.5) is 0 Å². The van der Waals surface area contributed by atoms with Gasteiger partial charge < -0.3 is 16.2 Å². The smallest absolute Gasteiger partial charge is 0.321 e. The Morgan fingerprint density at radius 2 is 2.27 bits per heavy atom. The third kappa shape index (κ3) is 5.99. The SMILES string of the molecule is C#CCNC(=O)C(C)SCC(N)C(=O)O. The monoisotopic (exact) mass is 230 g/mol. The summed E-state index contributed by atoms with van der Waals surface area (Å²) in [6.07, 6.45) is 4.97. The van der Waals surface area contributed by atoms with E-state index in [1.165, 1.54) is 11.8 Å². The molecule has 0 spiro atoms. The molecule has 0 radical (unpaired) electrons. The third-order valence-electron chi connectivity index (χ3n) is 1.58. The number of hydrogen-bond acceptors (Lipinski definition) is 4. The Balaban J connectivity index is 3.83. The number of rotatable bonds is 6. The van der Waals surface area contributed by atoms with Gasteiger partial charge in [0.15, 0.2) is 0 Å². The number of thioether (sulfide) groups is 1. The van der Waals surface area contributed by atoms with Crippen LogP contribution in [0.3, 0.4) is 0 Å². The molecule has 0 aliphatic rings. The topological polar surface area (TPSA) is 92.4 Å². The van der Waals surface area contributed by atoms with Crippen LogP contribution in [0.2, 0.25) is 0 Å². The second kappa shape index (κ2) is 7.15. The summed E-state index contributed by atoms with van der Waals surface area (Å²) in [7, 11) is 0.